The van der Waals surface area contributed by atoms with Crippen LogP contribution in [0.25, 0.3) is 0 Å². The molecule has 1 amide bonds. The van der Waals surface area contributed by atoms with E-state index in [1.807, 2.05) is 11.7 Å². The number of halogens is 2. The van der Waals surface area contributed by atoms with Gasteiger partial charge in [0.15, 0.2) is 5.82 Å². The predicted octanol–water partition coefficient (Wildman–Crippen LogP) is 2.79. The SMILES string of the molecule is Cn1nc(NC(=O)C2CC(F)(F)C2)c(C2CCC2)c1C1COC1. The Morgan fingerprint density at radius 2 is 2.00 bits per heavy atom. The van der Waals surface area contributed by atoms with E-state index < -0.39 is 11.8 Å². The molecule has 3 aliphatic rings. The zero-order chi connectivity index (χ0) is 16.2. The van der Waals surface area contributed by atoms with E-state index >= 15 is 0 Å². The van der Waals surface area contributed by atoms with Crippen molar-refractivity contribution >= 4 is 11.7 Å². The van der Waals surface area contributed by atoms with E-state index in [1.165, 1.54) is 6.42 Å². The topological polar surface area (TPSA) is 56.2 Å². The molecule has 1 saturated heterocycles. The van der Waals surface area contributed by atoms with Crippen molar-refractivity contribution in [2.45, 2.75) is 49.9 Å². The summed E-state index contributed by atoms with van der Waals surface area (Å²) in [7, 11) is 1.88. The number of aryl methyl sites for hydroxylation is 1. The van der Waals surface area contributed by atoms with Crippen LogP contribution in [0.3, 0.4) is 0 Å². The first-order valence-corrected chi connectivity index (χ1v) is 8.28. The molecule has 0 radical (unpaired) electrons. The number of nitrogens with zero attached hydrogens (tertiary/aromatic N) is 2. The second-order valence-corrected chi connectivity index (χ2v) is 7.08. The van der Waals surface area contributed by atoms with Crippen LogP contribution in [-0.4, -0.2) is 34.8 Å². The fourth-order valence-electron chi connectivity index (χ4n) is 3.69. The van der Waals surface area contributed by atoms with Gasteiger partial charge in [-0.05, 0) is 18.8 Å². The fraction of sp³-hybridized carbons (Fsp3) is 0.750. The lowest BCUT2D eigenvalue weighted by Gasteiger charge is -2.34. The third kappa shape index (κ3) is 2.55. The van der Waals surface area contributed by atoms with E-state index in [0.717, 1.165) is 24.1 Å². The molecule has 4 rings (SSSR count). The summed E-state index contributed by atoms with van der Waals surface area (Å²) in [5.41, 5.74) is 2.24. The van der Waals surface area contributed by atoms with Gasteiger partial charge in [-0.3, -0.25) is 9.48 Å². The van der Waals surface area contributed by atoms with Gasteiger partial charge in [0.1, 0.15) is 0 Å². The van der Waals surface area contributed by atoms with Crippen molar-refractivity contribution in [3.63, 3.8) is 0 Å². The Balaban J connectivity index is 1.56. The molecular weight excluding hydrogens is 304 g/mol. The minimum Gasteiger partial charge on any atom is -0.380 e. The van der Waals surface area contributed by atoms with Crippen LogP contribution in [0.4, 0.5) is 14.6 Å². The molecule has 0 spiro atoms. The van der Waals surface area contributed by atoms with E-state index in [1.54, 1.807) is 0 Å². The van der Waals surface area contributed by atoms with Crippen LogP contribution in [0.15, 0.2) is 0 Å². The van der Waals surface area contributed by atoms with Crippen LogP contribution in [0.5, 0.6) is 0 Å². The second kappa shape index (κ2) is 5.26. The van der Waals surface area contributed by atoms with Crippen LogP contribution < -0.4 is 5.32 Å². The summed E-state index contributed by atoms with van der Waals surface area (Å²) < 4.78 is 33.1. The predicted molar refractivity (Wildman–Crippen MR) is 79.7 cm³/mol. The highest BCUT2D eigenvalue weighted by Crippen LogP contribution is 2.46. The van der Waals surface area contributed by atoms with Crippen LogP contribution in [0, 0.1) is 5.92 Å². The number of carbonyl (C=O) groups is 1. The second-order valence-electron chi connectivity index (χ2n) is 7.08. The molecule has 0 aromatic carbocycles. The number of aromatic nitrogens is 2. The lowest BCUT2D eigenvalue weighted by atomic mass is 9.77. The van der Waals surface area contributed by atoms with Crippen LogP contribution >= 0.6 is 0 Å². The smallest absolute Gasteiger partial charge is 0.249 e. The van der Waals surface area contributed by atoms with Crippen LogP contribution in [0.1, 0.15) is 55.2 Å². The van der Waals surface area contributed by atoms with Gasteiger partial charge in [0.25, 0.3) is 0 Å². The van der Waals surface area contributed by atoms with Gasteiger partial charge >= 0.3 is 0 Å². The zero-order valence-corrected chi connectivity index (χ0v) is 13.1. The first kappa shape index (κ1) is 15.1. The molecule has 1 N–H and O–H groups in total. The van der Waals surface area contributed by atoms with E-state index in [-0.39, 0.29) is 18.7 Å². The van der Waals surface area contributed by atoms with Gasteiger partial charge in [-0.2, -0.15) is 5.10 Å². The zero-order valence-electron chi connectivity index (χ0n) is 13.1. The number of anilines is 1. The molecule has 23 heavy (non-hydrogen) atoms. The van der Waals surface area contributed by atoms with Gasteiger partial charge in [0.2, 0.25) is 11.8 Å². The molecule has 7 heteroatoms. The Labute approximate surface area is 133 Å². The third-order valence-electron chi connectivity index (χ3n) is 5.37. The van der Waals surface area contributed by atoms with Crippen molar-refractivity contribution in [1.82, 2.24) is 9.78 Å². The number of alkyl halides is 2. The number of ether oxygens (including phenoxy) is 1. The average molecular weight is 325 g/mol. The van der Waals surface area contributed by atoms with Crippen molar-refractivity contribution in [3.05, 3.63) is 11.3 Å². The highest BCUT2D eigenvalue weighted by atomic mass is 19.3. The molecule has 3 fully saturated rings. The maximum absolute atomic E-state index is 13.0. The monoisotopic (exact) mass is 325 g/mol. The van der Waals surface area contributed by atoms with Gasteiger partial charge in [0, 0.05) is 37.3 Å². The fourth-order valence-corrected chi connectivity index (χ4v) is 3.69. The van der Waals surface area contributed by atoms with Crippen molar-refractivity contribution in [3.8, 4) is 0 Å². The van der Waals surface area contributed by atoms with Crippen LogP contribution in [-0.2, 0) is 16.6 Å². The van der Waals surface area contributed by atoms with Crippen molar-refractivity contribution in [2.75, 3.05) is 18.5 Å². The molecule has 2 aliphatic carbocycles. The number of hydrogen-bond acceptors (Lipinski definition) is 3. The summed E-state index contributed by atoms with van der Waals surface area (Å²) in [6.45, 7) is 1.36. The minimum atomic E-state index is -2.68. The number of carbonyl (C=O) groups excluding carboxylic acids is 1. The van der Waals surface area contributed by atoms with Crippen molar-refractivity contribution in [1.29, 1.82) is 0 Å². The van der Waals surface area contributed by atoms with E-state index in [9.17, 15) is 13.6 Å². The normalized spacial score (nSPS) is 24.7. The molecule has 2 saturated carbocycles. The van der Waals surface area contributed by atoms with Gasteiger partial charge in [-0.15, -0.1) is 0 Å². The lowest BCUT2D eigenvalue weighted by Crippen LogP contribution is -2.42. The Morgan fingerprint density at radius 3 is 2.48 bits per heavy atom. The molecule has 0 atom stereocenters. The molecule has 2 heterocycles. The third-order valence-corrected chi connectivity index (χ3v) is 5.37. The number of amides is 1. The molecular formula is C16H21F2N3O2. The summed E-state index contributed by atoms with van der Waals surface area (Å²) in [5.74, 6) is -2.31. The Morgan fingerprint density at radius 1 is 1.30 bits per heavy atom. The molecule has 0 unspecified atom stereocenters. The van der Waals surface area contributed by atoms with Crippen molar-refractivity contribution in [2.24, 2.45) is 13.0 Å². The quantitative estimate of drug-likeness (QED) is 0.926. The standard InChI is InChI=1S/C16H21F2N3O2/c1-21-13(11-7-23-8-11)12(9-3-2-4-9)14(20-21)19-15(22)10-5-16(17,18)6-10/h9-11H,2-8H2,1H3,(H,19,20,22). The molecule has 5 nitrogen and oxygen atoms in total. The van der Waals surface area contributed by atoms with Gasteiger partial charge in [-0.25, -0.2) is 8.78 Å². The summed E-state index contributed by atoms with van der Waals surface area (Å²) in [4.78, 5) is 12.2. The van der Waals surface area contributed by atoms with E-state index in [4.69, 9.17) is 4.74 Å². The van der Waals surface area contributed by atoms with Crippen molar-refractivity contribution < 1.29 is 18.3 Å². The van der Waals surface area contributed by atoms with E-state index in [0.29, 0.717) is 30.9 Å². The molecule has 1 aromatic heterocycles. The molecule has 1 aliphatic heterocycles. The first-order valence-electron chi connectivity index (χ1n) is 8.28. The average Bonchev–Trinajstić information content (AvgIpc) is 2.61. The lowest BCUT2D eigenvalue weighted by molar-refractivity contribution is -0.145. The maximum Gasteiger partial charge on any atom is 0.249 e. The van der Waals surface area contributed by atoms with Crippen LogP contribution in [0.2, 0.25) is 0 Å². The van der Waals surface area contributed by atoms with Gasteiger partial charge in [-0.1, -0.05) is 6.42 Å². The Hall–Kier alpha value is -1.50. The number of hydrogen-bond donors (Lipinski definition) is 1. The number of nitrogens with one attached hydrogen (secondary N) is 1. The Kier molecular flexibility index (Phi) is 3.44. The highest BCUT2D eigenvalue weighted by molar-refractivity contribution is 5.93. The van der Waals surface area contributed by atoms with E-state index in [2.05, 4.69) is 10.4 Å². The molecule has 126 valence electrons. The Bertz CT molecular complexity index is 628. The summed E-state index contributed by atoms with van der Waals surface area (Å²) in [5, 5.41) is 7.29. The largest absolute Gasteiger partial charge is 0.380 e. The summed E-state index contributed by atoms with van der Waals surface area (Å²) >= 11 is 0. The number of rotatable bonds is 4. The highest BCUT2D eigenvalue weighted by Gasteiger charge is 2.49. The summed E-state index contributed by atoms with van der Waals surface area (Å²) in [6, 6.07) is 0. The molecule has 1 aromatic rings. The van der Waals surface area contributed by atoms with Gasteiger partial charge < -0.3 is 10.1 Å². The first-order chi connectivity index (χ1) is 10.9. The maximum atomic E-state index is 13.0. The molecule has 0 bridgehead atoms. The van der Waals surface area contributed by atoms with Gasteiger partial charge in [0.05, 0.1) is 18.9 Å². The summed E-state index contributed by atoms with van der Waals surface area (Å²) in [6.07, 6.45) is 2.66. The minimum absolute atomic E-state index is 0.321.